The summed E-state index contributed by atoms with van der Waals surface area (Å²) < 4.78 is 0. The molecule has 2 aromatic rings. The molecule has 0 radical (unpaired) electrons. The van der Waals surface area contributed by atoms with Gasteiger partial charge in [0.25, 0.3) is 0 Å². The Balaban J connectivity index is 2.27. The molecule has 0 aliphatic rings. The third kappa shape index (κ3) is 3.17. The van der Waals surface area contributed by atoms with Crippen LogP contribution in [0.2, 0.25) is 5.02 Å². The lowest BCUT2D eigenvalue weighted by Crippen LogP contribution is -2.20. The molecule has 1 atom stereocenters. The van der Waals surface area contributed by atoms with Crippen molar-refractivity contribution in [3.8, 4) is 5.75 Å². The summed E-state index contributed by atoms with van der Waals surface area (Å²) >= 11 is 5.79. The van der Waals surface area contributed by atoms with E-state index in [9.17, 15) is 15.0 Å². The van der Waals surface area contributed by atoms with Gasteiger partial charge in [-0.2, -0.15) is 0 Å². The van der Waals surface area contributed by atoms with Crippen molar-refractivity contribution in [1.82, 2.24) is 0 Å². The molecule has 0 aromatic heterocycles. The van der Waals surface area contributed by atoms with E-state index in [1.807, 2.05) is 6.07 Å². The molecular formula is C14H12ClNO3. The van der Waals surface area contributed by atoms with Crippen molar-refractivity contribution < 1.29 is 15.0 Å². The van der Waals surface area contributed by atoms with Crippen molar-refractivity contribution in [3.63, 3.8) is 0 Å². The van der Waals surface area contributed by atoms with Crippen molar-refractivity contribution in [3.05, 3.63) is 59.1 Å². The zero-order valence-corrected chi connectivity index (χ0v) is 10.6. The maximum Gasteiger partial charge on any atom is 0.330 e. The molecule has 0 bridgehead atoms. The Labute approximate surface area is 115 Å². The number of benzene rings is 2. The SMILES string of the molecule is O=C(O)C(Nc1ccc(O)c(Cl)c1)c1ccccc1. The van der Waals surface area contributed by atoms with Gasteiger partial charge in [-0.25, -0.2) is 4.79 Å². The molecule has 0 aliphatic heterocycles. The second kappa shape index (κ2) is 5.63. The molecule has 19 heavy (non-hydrogen) atoms. The minimum Gasteiger partial charge on any atom is -0.506 e. The Bertz CT molecular complexity index is 586. The van der Waals surface area contributed by atoms with Crippen LogP contribution in [0.25, 0.3) is 0 Å². The zero-order chi connectivity index (χ0) is 13.8. The highest BCUT2D eigenvalue weighted by molar-refractivity contribution is 6.32. The van der Waals surface area contributed by atoms with Gasteiger partial charge in [0.2, 0.25) is 0 Å². The number of carbonyl (C=O) groups is 1. The molecule has 2 aromatic carbocycles. The molecule has 3 N–H and O–H groups in total. The molecule has 4 nitrogen and oxygen atoms in total. The van der Waals surface area contributed by atoms with Crippen molar-refractivity contribution >= 4 is 23.3 Å². The summed E-state index contributed by atoms with van der Waals surface area (Å²) in [7, 11) is 0. The smallest absolute Gasteiger partial charge is 0.330 e. The lowest BCUT2D eigenvalue weighted by Gasteiger charge is -2.16. The highest BCUT2D eigenvalue weighted by atomic mass is 35.5. The summed E-state index contributed by atoms with van der Waals surface area (Å²) in [4.78, 5) is 11.3. The fraction of sp³-hybridized carbons (Fsp3) is 0.0714. The molecule has 0 heterocycles. The van der Waals surface area contributed by atoms with E-state index in [0.717, 1.165) is 0 Å². The van der Waals surface area contributed by atoms with Gasteiger partial charge < -0.3 is 15.5 Å². The molecule has 98 valence electrons. The van der Waals surface area contributed by atoms with E-state index in [1.54, 1.807) is 30.3 Å². The Morgan fingerprint density at radius 3 is 2.42 bits per heavy atom. The molecule has 0 saturated heterocycles. The summed E-state index contributed by atoms with van der Waals surface area (Å²) in [6.45, 7) is 0. The number of nitrogens with one attached hydrogen (secondary N) is 1. The van der Waals surface area contributed by atoms with Crippen LogP contribution in [0, 0.1) is 0 Å². The van der Waals surface area contributed by atoms with Crippen LogP contribution < -0.4 is 5.32 Å². The molecule has 0 fully saturated rings. The monoisotopic (exact) mass is 277 g/mol. The molecule has 0 aliphatic carbocycles. The molecule has 2 rings (SSSR count). The fourth-order valence-corrected chi connectivity index (χ4v) is 1.88. The van der Waals surface area contributed by atoms with Gasteiger partial charge in [0.15, 0.2) is 6.04 Å². The van der Waals surface area contributed by atoms with Crippen LogP contribution in [0.1, 0.15) is 11.6 Å². The van der Waals surface area contributed by atoms with Crippen LogP contribution in [0.15, 0.2) is 48.5 Å². The fourth-order valence-electron chi connectivity index (χ4n) is 1.70. The minimum absolute atomic E-state index is 0.0428. The lowest BCUT2D eigenvalue weighted by molar-refractivity contribution is -0.138. The van der Waals surface area contributed by atoms with Gasteiger partial charge >= 0.3 is 5.97 Å². The van der Waals surface area contributed by atoms with Crippen LogP contribution in [-0.4, -0.2) is 16.2 Å². The standard InChI is InChI=1S/C14H12ClNO3/c15-11-8-10(6-7-12(11)17)16-13(14(18)19)9-4-2-1-3-5-9/h1-8,13,16-17H,(H,18,19). The lowest BCUT2D eigenvalue weighted by atomic mass is 10.1. The van der Waals surface area contributed by atoms with E-state index >= 15 is 0 Å². The van der Waals surface area contributed by atoms with Gasteiger partial charge in [-0.3, -0.25) is 0 Å². The Hall–Kier alpha value is -2.20. The third-order valence-corrected chi connectivity index (χ3v) is 2.94. The molecule has 0 saturated carbocycles. The number of halogens is 1. The number of anilines is 1. The number of aromatic hydroxyl groups is 1. The predicted octanol–water partition coefficient (Wildman–Crippen LogP) is 3.28. The maximum absolute atomic E-state index is 11.3. The van der Waals surface area contributed by atoms with Gasteiger partial charge in [0.05, 0.1) is 5.02 Å². The van der Waals surface area contributed by atoms with Crippen LogP contribution >= 0.6 is 11.6 Å². The van der Waals surface area contributed by atoms with Gasteiger partial charge in [0, 0.05) is 5.69 Å². The number of carboxylic acids is 1. The summed E-state index contributed by atoms with van der Waals surface area (Å²) in [6.07, 6.45) is 0. The molecular weight excluding hydrogens is 266 g/mol. The largest absolute Gasteiger partial charge is 0.506 e. The van der Waals surface area contributed by atoms with Gasteiger partial charge in [-0.1, -0.05) is 41.9 Å². The van der Waals surface area contributed by atoms with Crippen LogP contribution in [-0.2, 0) is 4.79 Å². The normalized spacial score (nSPS) is 11.8. The predicted molar refractivity (Wildman–Crippen MR) is 73.6 cm³/mol. The molecule has 0 amide bonds. The van der Waals surface area contributed by atoms with Crippen LogP contribution in [0.4, 0.5) is 5.69 Å². The Morgan fingerprint density at radius 2 is 1.84 bits per heavy atom. The van der Waals surface area contributed by atoms with E-state index < -0.39 is 12.0 Å². The summed E-state index contributed by atoms with van der Waals surface area (Å²) in [5.74, 6) is -1.03. The van der Waals surface area contributed by atoms with Gasteiger partial charge in [-0.15, -0.1) is 0 Å². The summed E-state index contributed by atoms with van der Waals surface area (Å²) in [5, 5.41) is 21.6. The van der Waals surface area contributed by atoms with E-state index in [4.69, 9.17) is 11.6 Å². The first-order valence-corrected chi connectivity index (χ1v) is 5.98. The van der Waals surface area contributed by atoms with E-state index in [0.29, 0.717) is 11.3 Å². The second-order valence-corrected chi connectivity index (χ2v) is 4.40. The molecule has 1 unspecified atom stereocenters. The quantitative estimate of drug-likeness (QED) is 0.750. The number of phenolic OH excluding ortho intramolecular Hbond substituents is 1. The first-order chi connectivity index (χ1) is 9.08. The van der Waals surface area contributed by atoms with Crippen molar-refractivity contribution in [2.75, 3.05) is 5.32 Å². The first-order valence-electron chi connectivity index (χ1n) is 5.61. The maximum atomic E-state index is 11.3. The third-order valence-electron chi connectivity index (χ3n) is 2.64. The highest BCUT2D eigenvalue weighted by Crippen LogP contribution is 2.28. The van der Waals surface area contributed by atoms with E-state index in [-0.39, 0.29) is 10.8 Å². The Morgan fingerprint density at radius 1 is 1.16 bits per heavy atom. The average molecular weight is 278 g/mol. The van der Waals surface area contributed by atoms with Crippen molar-refractivity contribution in [2.24, 2.45) is 0 Å². The van der Waals surface area contributed by atoms with Gasteiger partial charge in [0.1, 0.15) is 5.75 Å². The zero-order valence-electron chi connectivity index (χ0n) is 9.88. The summed E-state index contributed by atoms with van der Waals surface area (Å²) in [5.41, 5.74) is 1.17. The van der Waals surface area contributed by atoms with Crippen molar-refractivity contribution in [2.45, 2.75) is 6.04 Å². The van der Waals surface area contributed by atoms with E-state index in [1.165, 1.54) is 12.1 Å². The number of aliphatic carboxylic acids is 1. The highest BCUT2D eigenvalue weighted by Gasteiger charge is 2.19. The minimum atomic E-state index is -0.990. The number of hydrogen-bond donors (Lipinski definition) is 3. The first kappa shape index (κ1) is 13.2. The molecule has 5 heteroatoms. The molecule has 0 spiro atoms. The summed E-state index contributed by atoms with van der Waals surface area (Å²) in [6, 6.07) is 12.4. The number of phenols is 1. The van der Waals surface area contributed by atoms with E-state index in [2.05, 4.69) is 5.32 Å². The Kier molecular flexibility index (Phi) is 3.92. The van der Waals surface area contributed by atoms with Crippen molar-refractivity contribution in [1.29, 1.82) is 0 Å². The van der Waals surface area contributed by atoms with Gasteiger partial charge in [-0.05, 0) is 23.8 Å². The number of hydrogen-bond acceptors (Lipinski definition) is 3. The number of carboxylic acid groups (broad SMARTS) is 1. The number of rotatable bonds is 4. The van der Waals surface area contributed by atoms with Crippen LogP contribution in [0.5, 0.6) is 5.75 Å². The average Bonchev–Trinajstić information content (AvgIpc) is 2.40. The second-order valence-electron chi connectivity index (χ2n) is 3.99. The topological polar surface area (TPSA) is 69.6 Å². The van der Waals surface area contributed by atoms with Crippen LogP contribution in [0.3, 0.4) is 0 Å².